The van der Waals surface area contributed by atoms with Crippen LogP contribution in [-0.4, -0.2) is 63.8 Å². The molecule has 0 aromatic heterocycles. The first-order valence-corrected chi connectivity index (χ1v) is 7.41. The van der Waals surface area contributed by atoms with Gasteiger partial charge >= 0.3 is 11.9 Å². The van der Waals surface area contributed by atoms with Gasteiger partial charge in [0.05, 0.1) is 12.5 Å². The topological polar surface area (TPSA) is 202 Å². The summed E-state index contributed by atoms with van der Waals surface area (Å²) in [6.45, 7) is 0. The third-order valence-electron chi connectivity index (χ3n) is 2.84. The number of nitrogens with two attached hydrogens (primary N) is 2. The van der Waals surface area contributed by atoms with Gasteiger partial charge in [-0.05, 0) is 6.42 Å². The Morgan fingerprint density at radius 3 is 1.96 bits per heavy atom. The Kier molecular flexibility index (Phi) is 9.42. The number of thiol groups is 1. The number of rotatable bonds is 11. The normalized spacial score (nSPS) is 14.1. The molecule has 8 N–H and O–H groups in total. The molecule has 0 saturated carbocycles. The summed E-state index contributed by atoms with van der Waals surface area (Å²) in [6, 6.07) is -4.01. The fourth-order valence-corrected chi connectivity index (χ4v) is 1.82. The minimum atomic E-state index is -1.41. The van der Waals surface area contributed by atoms with Gasteiger partial charge in [-0.1, -0.05) is 0 Å². The van der Waals surface area contributed by atoms with Gasteiger partial charge < -0.3 is 32.3 Å². The van der Waals surface area contributed by atoms with Crippen LogP contribution in [0.25, 0.3) is 0 Å². The Hall–Kier alpha value is -2.34. The van der Waals surface area contributed by atoms with E-state index in [4.69, 9.17) is 21.7 Å². The lowest BCUT2D eigenvalue weighted by Crippen LogP contribution is -2.55. The van der Waals surface area contributed by atoms with Gasteiger partial charge in [0.15, 0.2) is 0 Å². The lowest BCUT2D eigenvalue weighted by Gasteiger charge is -2.21. The van der Waals surface area contributed by atoms with E-state index in [9.17, 15) is 24.0 Å². The van der Waals surface area contributed by atoms with E-state index in [1.165, 1.54) is 0 Å². The molecule has 3 atom stereocenters. The van der Waals surface area contributed by atoms with Crippen molar-refractivity contribution in [3.8, 4) is 0 Å². The van der Waals surface area contributed by atoms with Crippen molar-refractivity contribution in [3.63, 3.8) is 0 Å². The number of carboxylic acid groups (broad SMARTS) is 2. The highest BCUT2D eigenvalue weighted by atomic mass is 32.1. The van der Waals surface area contributed by atoms with Crippen molar-refractivity contribution >= 4 is 42.3 Å². The Balaban J connectivity index is 4.98. The number of nitrogens with one attached hydrogen (secondary N) is 2. The van der Waals surface area contributed by atoms with Gasteiger partial charge in [0.2, 0.25) is 17.7 Å². The molecular weight excluding hydrogens is 344 g/mol. The maximum Gasteiger partial charge on any atom is 0.327 e. The molecule has 0 bridgehead atoms. The third kappa shape index (κ3) is 8.33. The summed E-state index contributed by atoms with van der Waals surface area (Å²) in [4.78, 5) is 56.2. The second-order valence-corrected chi connectivity index (χ2v) is 5.22. The molecule has 136 valence electrons. The van der Waals surface area contributed by atoms with Crippen molar-refractivity contribution in [1.82, 2.24) is 10.6 Å². The average molecular weight is 364 g/mol. The van der Waals surface area contributed by atoms with E-state index in [-0.39, 0.29) is 18.6 Å². The number of aliphatic carboxylic acids is 2. The van der Waals surface area contributed by atoms with Crippen molar-refractivity contribution in [2.45, 2.75) is 37.4 Å². The fourth-order valence-electron chi connectivity index (χ4n) is 1.57. The molecule has 3 amide bonds. The Bertz CT molecular complexity index is 514. The Morgan fingerprint density at radius 2 is 1.54 bits per heavy atom. The molecule has 0 spiro atoms. The molecule has 0 heterocycles. The molecule has 0 aliphatic rings. The van der Waals surface area contributed by atoms with Crippen molar-refractivity contribution in [1.29, 1.82) is 0 Å². The van der Waals surface area contributed by atoms with Crippen LogP contribution in [0.1, 0.15) is 19.3 Å². The average Bonchev–Trinajstić information content (AvgIpc) is 2.46. The lowest BCUT2D eigenvalue weighted by molar-refractivity contribution is -0.142. The number of carboxylic acids is 2. The van der Waals surface area contributed by atoms with Crippen molar-refractivity contribution in [2.24, 2.45) is 11.5 Å². The summed E-state index contributed by atoms with van der Waals surface area (Å²) in [5.74, 6) is -5.39. The van der Waals surface area contributed by atoms with Crippen LogP contribution in [-0.2, 0) is 24.0 Å². The summed E-state index contributed by atoms with van der Waals surface area (Å²) >= 11 is 3.78. The summed E-state index contributed by atoms with van der Waals surface area (Å²) in [5.41, 5.74) is 10.4. The standard InChI is InChI=1S/C12H20N4O7S/c13-5(3-9(18)19)10(20)15-6(1-2-8(14)17)11(21)16-7(4-24)12(22)23/h5-7,24H,1-4,13H2,(H2,14,17)(H,15,20)(H,16,21)(H,18,19)(H,22,23). The van der Waals surface area contributed by atoms with E-state index < -0.39 is 54.2 Å². The number of carbonyl (C=O) groups excluding carboxylic acids is 3. The smallest absolute Gasteiger partial charge is 0.327 e. The maximum absolute atomic E-state index is 12.1. The van der Waals surface area contributed by atoms with E-state index >= 15 is 0 Å². The number of hydrogen-bond acceptors (Lipinski definition) is 7. The molecule has 24 heavy (non-hydrogen) atoms. The summed E-state index contributed by atoms with van der Waals surface area (Å²) < 4.78 is 0. The van der Waals surface area contributed by atoms with Gasteiger partial charge in [0.1, 0.15) is 12.1 Å². The zero-order valence-electron chi connectivity index (χ0n) is 12.6. The predicted molar refractivity (Wildman–Crippen MR) is 84.0 cm³/mol. The fraction of sp³-hybridized carbons (Fsp3) is 0.583. The molecule has 0 aliphatic heterocycles. The molecule has 0 aromatic rings. The zero-order chi connectivity index (χ0) is 18.9. The summed E-state index contributed by atoms with van der Waals surface area (Å²) in [6.07, 6.45) is -1.12. The van der Waals surface area contributed by atoms with Gasteiger partial charge in [0, 0.05) is 12.2 Å². The van der Waals surface area contributed by atoms with E-state index in [0.29, 0.717) is 0 Å². The molecule has 0 aromatic carbocycles. The highest BCUT2D eigenvalue weighted by molar-refractivity contribution is 7.80. The second-order valence-electron chi connectivity index (χ2n) is 4.85. The molecule has 0 saturated heterocycles. The van der Waals surface area contributed by atoms with Crippen LogP contribution in [0.15, 0.2) is 0 Å². The van der Waals surface area contributed by atoms with Crippen molar-refractivity contribution in [2.75, 3.05) is 5.75 Å². The van der Waals surface area contributed by atoms with Crippen LogP contribution >= 0.6 is 12.6 Å². The van der Waals surface area contributed by atoms with E-state index in [1.54, 1.807) is 0 Å². The molecule has 0 aliphatic carbocycles. The van der Waals surface area contributed by atoms with Crippen LogP contribution in [0.5, 0.6) is 0 Å². The van der Waals surface area contributed by atoms with E-state index in [1.807, 2.05) is 0 Å². The first kappa shape index (κ1) is 21.7. The van der Waals surface area contributed by atoms with Gasteiger partial charge in [-0.2, -0.15) is 12.6 Å². The van der Waals surface area contributed by atoms with Gasteiger partial charge in [-0.25, -0.2) is 4.79 Å². The Labute approximate surface area is 142 Å². The first-order valence-electron chi connectivity index (χ1n) is 6.78. The number of hydrogen-bond donors (Lipinski definition) is 7. The Morgan fingerprint density at radius 1 is 1.00 bits per heavy atom. The van der Waals surface area contributed by atoms with Crippen molar-refractivity contribution in [3.05, 3.63) is 0 Å². The largest absolute Gasteiger partial charge is 0.481 e. The zero-order valence-corrected chi connectivity index (χ0v) is 13.5. The minimum absolute atomic E-state index is 0.198. The highest BCUT2D eigenvalue weighted by Crippen LogP contribution is 2.01. The van der Waals surface area contributed by atoms with Crippen LogP contribution in [0.3, 0.4) is 0 Å². The highest BCUT2D eigenvalue weighted by Gasteiger charge is 2.28. The molecule has 0 rings (SSSR count). The van der Waals surface area contributed by atoms with Crippen LogP contribution in [0.2, 0.25) is 0 Å². The predicted octanol–water partition coefficient (Wildman–Crippen LogP) is -2.96. The molecular formula is C12H20N4O7S. The number of carbonyl (C=O) groups is 5. The monoisotopic (exact) mass is 364 g/mol. The second kappa shape index (κ2) is 10.4. The maximum atomic E-state index is 12.1. The molecule has 12 heteroatoms. The van der Waals surface area contributed by atoms with E-state index in [0.717, 1.165) is 0 Å². The summed E-state index contributed by atoms with van der Waals surface area (Å²) in [7, 11) is 0. The van der Waals surface area contributed by atoms with Gasteiger partial charge in [-0.3, -0.25) is 19.2 Å². The first-order chi connectivity index (χ1) is 11.1. The van der Waals surface area contributed by atoms with Crippen LogP contribution in [0.4, 0.5) is 0 Å². The third-order valence-corrected chi connectivity index (χ3v) is 3.21. The SMILES string of the molecule is NC(=O)CCC(NC(=O)C(N)CC(=O)O)C(=O)NC(CS)C(=O)O. The van der Waals surface area contributed by atoms with Crippen LogP contribution < -0.4 is 22.1 Å². The minimum Gasteiger partial charge on any atom is -0.481 e. The number of primary amides is 1. The van der Waals surface area contributed by atoms with Gasteiger partial charge in [0.25, 0.3) is 0 Å². The number of amides is 3. The van der Waals surface area contributed by atoms with E-state index in [2.05, 4.69) is 23.3 Å². The van der Waals surface area contributed by atoms with Crippen LogP contribution in [0, 0.1) is 0 Å². The summed E-state index contributed by atoms with van der Waals surface area (Å²) in [5, 5.41) is 21.8. The quantitative estimate of drug-likeness (QED) is 0.188. The molecule has 0 radical (unpaired) electrons. The molecule has 3 unspecified atom stereocenters. The lowest BCUT2D eigenvalue weighted by atomic mass is 10.1. The van der Waals surface area contributed by atoms with Gasteiger partial charge in [-0.15, -0.1) is 0 Å². The molecule has 11 nitrogen and oxygen atoms in total. The van der Waals surface area contributed by atoms with Crippen molar-refractivity contribution < 1.29 is 34.2 Å². The molecule has 0 fully saturated rings.